The van der Waals surface area contributed by atoms with Gasteiger partial charge in [0.15, 0.2) is 0 Å². The maximum Gasteiger partial charge on any atom is 0.0208 e. The van der Waals surface area contributed by atoms with Crippen LogP contribution in [0.15, 0.2) is 24.3 Å². The average molecular weight is 263 g/mol. The standard InChI is InChI=1S/C16H25NS/c1-12(2)14-6-4-13(5-7-14)11-17-15-8-9-16(10-15)18-3/h4-7,12,15-17H,8-11H2,1-3H3. The molecule has 0 spiro atoms. The lowest BCUT2D eigenvalue weighted by Gasteiger charge is -2.13. The van der Waals surface area contributed by atoms with Gasteiger partial charge in [-0.2, -0.15) is 11.8 Å². The van der Waals surface area contributed by atoms with Crippen molar-refractivity contribution >= 4 is 11.8 Å². The molecule has 1 aromatic rings. The first-order chi connectivity index (χ1) is 8.69. The van der Waals surface area contributed by atoms with Gasteiger partial charge in [0.05, 0.1) is 0 Å². The number of hydrogen-bond donors (Lipinski definition) is 1. The van der Waals surface area contributed by atoms with Gasteiger partial charge in [-0.3, -0.25) is 0 Å². The molecule has 0 radical (unpaired) electrons. The van der Waals surface area contributed by atoms with E-state index in [4.69, 9.17) is 0 Å². The topological polar surface area (TPSA) is 12.0 Å². The van der Waals surface area contributed by atoms with Gasteiger partial charge in [-0.05, 0) is 42.6 Å². The average Bonchev–Trinajstić information content (AvgIpc) is 2.85. The Morgan fingerprint density at radius 1 is 1.22 bits per heavy atom. The highest BCUT2D eigenvalue weighted by Crippen LogP contribution is 2.28. The van der Waals surface area contributed by atoms with Crippen molar-refractivity contribution < 1.29 is 0 Å². The predicted octanol–water partition coefficient (Wildman–Crippen LogP) is 4.18. The minimum absolute atomic E-state index is 0.629. The summed E-state index contributed by atoms with van der Waals surface area (Å²) in [6.07, 6.45) is 6.30. The Bertz CT molecular complexity index is 358. The van der Waals surface area contributed by atoms with Crippen LogP contribution in [0.1, 0.15) is 50.2 Å². The molecule has 1 saturated carbocycles. The quantitative estimate of drug-likeness (QED) is 0.855. The molecule has 2 rings (SSSR count). The third-order valence-corrected chi connectivity index (χ3v) is 5.05. The lowest BCUT2D eigenvalue weighted by atomic mass is 10.0. The van der Waals surface area contributed by atoms with E-state index in [9.17, 15) is 0 Å². The first-order valence-electron chi connectivity index (χ1n) is 7.04. The van der Waals surface area contributed by atoms with Crippen LogP contribution in [-0.2, 0) is 6.54 Å². The molecule has 0 aromatic heterocycles. The molecule has 2 heteroatoms. The molecule has 0 heterocycles. The third-order valence-electron chi connectivity index (χ3n) is 3.96. The SMILES string of the molecule is CSC1CCC(NCc2ccc(C(C)C)cc2)C1. The van der Waals surface area contributed by atoms with Crippen LogP contribution in [0.2, 0.25) is 0 Å². The summed E-state index contributed by atoms with van der Waals surface area (Å²) >= 11 is 2.02. The molecule has 1 aliphatic rings. The molecule has 0 aliphatic heterocycles. The molecule has 1 aliphatic carbocycles. The largest absolute Gasteiger partial charge is 0.310 e. The second kappa shape index (κ2) is 6.63. The van der Waals surface area contributed by atoms with Crippen molar-refractivity contribution in [1.29, 1.82) is 0 Å². The zero-order chi connectivity index (χ0) is 13.0. The van der Waals surface area contributed by atoms with Gasteiger partial charge >= 0.3 is 0 Å². The number of nitrogens with one attached hydrogen (secondary N) is 1. The molecule has 100 valence electrons. The number of thioether (sulfide) groups is 1. The summed E-state index contributed by atoms with van der Waals surface area (Å²) < 4.78 is 0. The molecule has 2 atom stereocenters. The highest BCUT2D eigenvalue weighted by Gasteiger charge is 2.23. The van der Waals surface area contributed by atoms with E-state index in [0.717, 1.165) is 17.8 Å². The van der Waals surface area contributed by atoms with Crippen LogP contribution in [0.4, 0.5) is 0 Å². The molecule has 1 N–H and O–H groups in total. The monoisotopic (exact) mass is 263 g/mol. The minimum atomic E-state index is 0.629. The zero-order valence-electron chi connectivity index (χ0n) is 11.8. The van der Waals surface area contributed by atoms with Gasteiger partial charge in [0.25, 0.3) is 0 Å². The van der Waals surface area contributed by atoms with E-state index in [1.165, 1.54) is 30.4 Å². The van der Waals surface area contributed by atoms with E-state index in [2.05, 4.69) is 49.7 Å². The van der Waals surface area contributed by atoms with Crippen molar-refractivity contribution in [2.24, 2.45) is 0 Å². The van der Waals surface area contributed by atoms with E-state index < -0.39 is 0 Å². The third kappa shape index (κ3) is 3.76. The maximum atomic E-state index is 3.70. The second-order valence-electron chi connectivity index (χ2n) is 5.64. The van der Waals surface area contributed by atoms with Crippen LogP contribution in [0, 0.1) is 0 Å². The summed E-state index contributed by atoms with van der Waals surface area (Å²) in [5.41, 5.74) is 2.84. The van der Waals surface area contributed by atoms with Crippen molar-refractivity contribution in [2.45, 2.75) is 56.9 Å². The summed E-state index contributed by atoms with van der Waals surface area (Å²) in [5.74, 6) is 0.629. The van der Waals surface area contributed by atoms with Gasteiger partial charge in [-0.1, -0.05) is 38.1 Å². The Hall–Kier alpha value is -0.470. The molecular weight excluding hydrogens is 238 g/mol. The molecule has 1 fully saturated rings. The molecular formula is C16H25NS. The first kappa shape index (κ1) is 14.0. The molecule has 1 nitrogen and oxygen atoms in total. The lowest BCUT2D eigenvalue weighted by Crippen LogP contribution is -2.26. The summed E-state index contributed by atoms with van der Waals surface area (Å²) in [6, 6.07) is 9.79. The second-order valence-corrected chi connectivity index (χ2v) is 6.78. The zero-order valence-corrected chi connectivity index (χ0v) is 12.6. The smallest absolute Gasteiger partial charge is 0.0208 e. The van der Waals surface area contributed by atoms with Gasteiger partial charge < -0.3 is 5.32 Å². The van der Waals surface area contributed by atoms with E-state index >= 15 is 0 Å². The van der Waals surface area contributed by atoms with Crippen LogP contribution in [0.5, 0.6) is 0 Å². The minimum Gasteiger partial charge on any atom is -0.310 e. The Balaban J connectivity index is 1.80. The van der Waals surface area contributed by atoms with Gasteiger partial charge in [-0.25, -0.2) is 0 Å². The molecule has 0 amide bonds. The van der Waals surface area contributed by atoms with Crippen LogP contribution in [0.3, 0.4) is 0 Å². The summed E-state index contributed by atoms with van der Waals surface area (Å²) in [5, 5.41) is 4.58. The van der Waals surface area contributed by atoms with Crippen molar-refractivity contribution in [3.8, 4) is 0 Å². The highest BCUT2D eigenvalue weighted by atomic mass is 32.2. The maximum absolute atomic E-state index is 3.70. The number of benzene rings is 1. The van der Waals surface area contributed by atoms with Crippen molar-refractivity contribution in [3.63, 3.8) is 0 Å². The van der Waals surface area contributed by atoms with Crippen molar-refractivity contribution in [1.82, 2.24) is 5.32 Å². The fraction of sp³-hybridized carbons (Fsp3) is 0.625. The van der Waals surface area contributed by atoms with Crippen molar-refractivity contribution in [3.05, 3.63) is 35.4 Å². The summed E-state index contributed by atoms with van der Waals surface area (Å²) in [4.78, 5) is 0. The van der Waals surface area contributed by atoms with Gasteiger partial charge in [0.1, 0.15) is 0 Å². The highest BCUT2D eigenvalue weighted by molar-refractivity contribution is 7.99. The molecule has 18 heavy (non-hydrogen) atoms. The molecule has 0 bridgehead atoms. The number of rotatable bonds is 5. The van der Waals surface area contributed by atoms with Crippen molar-refractivity contribution in [2.75, 3.05) is 6.26 Å². The number of hydrogen-bond acceptors (Lipinski definition) is 2. The van der Waals surface area contributed by atoms with Crippen LogP contribution >= 0.6 is 11.8 Å². The Morgan fingerprint density at radius 3 is 2.50 bits per heavy atom. The van der Waals surface area contributed by atoms with E-state index in [1.54, 1.807) is 0 Å². The first-order valence-corrected chi connectivity index (χ1v) is 8.33. The van der Waals surface area contributed by atoms with Gasteiger partial charge in [0.2, 0.25) is 0 Å². The van der Waals surface area contributed by atoms with Gasteiger partial charge in [-0.15, -0.1) is 0 Å². The fourth-order valence-corrected chi connectivity index (χ4v) is 3.42. The normalized spacial score (nSPS) is 23.8. The Kier molecular flexibility index (Phi) is 5.13. The summed E-state index contributed by atoms with van der Waals surface area (Å²) in [6.45, 7) is 5.51. The van der Waals surface area contributed by atoms with E-state index in [-0.39, 0.29) is 0 Å². The summed E-state index contributed by atoms with van der Waals surface area (Å²) in [7, 11) is 0. The Labute approximate surface area is 116 Å². The Morgan fingerprint density at radius 2 is 1.94 bits per heavy atom. The molecule has 1 aromatic carbocycles. The van der Waals surface area contributed by atoms with Crippen LogP contribution < -0.4 is 5.32 Å². The fourth-order valence-electron chi connectivity index (χ4n) is 2.62. The van der Waals surface area contributed by atoms with Gasteiger partial charge in [0, 0.05) is 17.8 Å². The van der Waals surface area contributed by atoms with Crippen LogP contribution in [-0.4, -0.2) is 17.5 Å². The van der Waals surface area contributed by atoms with E-state index in [0.29, 0.717) is 5.92 Å². The molecule has 0 saturated heterocycles. The predicted molar refractivity (Wildman–Crippen MR) is 82.3 cm³/mol. The van der Waals surface area contributed by atoms with E-state index in [1.807, 2.05) is 11.8 Å². The molecule has 2 unspecified atom stereocenters. The van der Waals surface area contributed by atoms with Crippen LogP contribution in [0.25, 0.3) is 0 Å². The lowest BCUT2D eigenvalue weighted by molar-refractivity contribution is 0.525.